The van der Waals surface area contributed by atoms with E-state index in [0.29, 0.717) is 0 Å². The highest BCUT2D eigenvalue weighted by atomic mass is 16.5. The number of rotatable bonds is 8. The van der Waals surface area contributed by atoms with Crippen LogP contribution in [-0.2, 0) is 6.54 Å². The summed E-state index contributed by atoms with van der Waals surface area (Å²) in [7, 11) is 5.86. The van der Waals surface area contributed by atoms with Crippen molar-refractivity contribution in [2.24, 2.45) is 5.73 Å². The third-order valence-electron chi connectivity index (χ3n) is 4.14. The van der Waals surface area contributed by atoms with E-state index in [1.54, 1.807) is 7.11 Å². The molecule has 0 bridgehead atoms. The zero-order valence-corrected chi connectivity index (χ0v) is 17.6. The lowest BCUT2D eigenvalue weighted by atomic mass is 10.2. The maximum absolute atomic E-state index is 10.3. The van der Waals surface area contributed by atoms with Gasteiger partial charge in [0.1, 0.15) is 17.3 Å². The van der Waals surface area contributed by atoms with E-state index < -0.39 is 5.91 Å². The maximum Gasteiger partial charge on any atom is 0.268 e. The Labute approximate surface area is 177 Å². The highest BCUT2D eigenvalue weighted by molar-refractivity contribution is 5.90. The number of carbonyl (C=O) groups is 1. The molecular formula is C22H28N6O2. The molecule has 0 atom stereocenters. The number of pyridine rings is 1. The number of amides is 1. The second-order valence-corrected chi connectivity index (χ2v) is 6.72. The minimum absolute atomic E-state index is 0.192. The molecule has 30 heavy (non-hydrogen) atoms. The summed E-state index contributed by atoms with van der Waals surface area (Å²) >= 11 is 0. The van der Waals surface area contributed by atoms with Crippen LogP contribution in [0.4, 0.5) is 5.82 Å². The van der Waals surface area contributed by atoms with Crippen LogP contribution in [0, 0.1) is 0 Å². The van der Waals surface area contributed by atoms with Gasteiger partial charge in [0.2, 0.25) is 0 Å². The number of aromatic nitrogens is 3. The Balaban J connectivity index is 0.000000297. The minimum atomic E-state index is -0.553. The molecule has 0 saturated heterocycles. The van der Waals surface area contributed by atoms with E-state index >= 15 is 0 Å². The molecule has 0 unspecified atom stereocenters. The van der Waals surface area contributed by atoms with Crippen molar-refractivity contribution in [3.63, 3.8) is 0 Å². The first-order valence-electron chi connectivity index (χ1n) is 9.49. The lowest BCUT2D eigenvalue weighted by Crippen LogP contribution is -2.31. The fourth-order valence-corrected chi connectivity index (χ4v) is 2.51. The summed E-state index contributed by atoms with van der Waals surface area (Å²) < 4.78 is 5.21. The molecule has 3 aromatic rings. The number of hydrogen-bond acceptors (Lipinski definition) is 7. The average molecular weight is 409 g/mol. The fourth-order valence-electron chi connectivity index (χ4n) is 2.51. The number of nitrogens with two attached hydrogens (primary N) is 1. The molecule has 0 fully saturated rings. The van der Waals surface area contributed by atoms with Crippen LogP contribution in [0.2, 0.25) is 0 Å². The highest BCUT2D eigenvalue weighted by Crippen LogP contribution is 2.16. The molecule has 0 aliphatic rings. The highest BCUT2D eigenvalue weighted by Gasteiger charge is 2.09. The predicted octanol–water partition coefficient (Wildman–Crippen LogP) is 2.23. The molecule has 0 radical (unpaired) electrons. The number of primary amides is 1. The van der Waals surface area contributed by atoms with Crippen LogP contribution >= 0.6 is 0 Å². The Morgan fingerprint density at radius 1 is 1.00 bits per heavy atom. The van der Waals surface area contributed by atoms with E-state index in [2.05, 4.69) is 57.0 Å². The monoisotopic (exact) mass is 408 g/mol. The Morgan fingerprint density at radius 3 is 2.27 bits per heavy atom. The second kappa shape index (κ2) is 12.1. The van der Waals surface area contributed by atoms with Crippen molar-refractivity contribution in [3.8, 4) is 5.75 Å². The first-order valence-corrected chi connectivity index (χ1v) is 9.49. The van der Waals surface area contributed by atoms with Crippen molar-refractivity contribution < 1.29 is 9.53 Å². The summed E-state index contributed by atoms with van der Waals surface area (Å²) in [6, 6.07) is 14.2. The Hall–Kier alpha value is -3.52. The second-order valence-electron chi connectivity index (χ2n) is 6.72. The molecule has 0 spiro atoms. The largest absolute Gasteiger partial charge is 0.497 e. The lowest BCUT2D eigenvalue weighted by Gasteiger charge is -2.25. The maximum atomic E-state index is 10.3. The molecule has 1 aromatic carbocycles. The summed E-state index contributed by atoms with van der Waals surface area (Å²) in [5, 5.41) is 0. The van der Waals surface area contributed by atoms with Crippen molar-refractivity contribution in [1.29, 1.82) is 0 Å². The van der Waals surface area contributed by atoms with Gasteiger partial charge >= 0.3 is 0 Å². The van der Waals surface area contributed by atoms with E-state index in [-0.39, 0.29) is 5.69 Å². The molecule has 2 aromatic heterocycles. The van der Waals surface area contributed by atoms with Gasteiger partial charge in [0.05, 0.1) is 13.3 Å². The summed E-state index contributed by atoms with van der Waals surface area (Å²) in [6.45, 7) is 2.78. The van der Waals surface area contributed by atoms with E-state index in [0.717, 1.165) is 31.2 Å². The van der Waals surface area contributed by atoms with E-state index in [9.17, 15) is 4.79 Å². The van der Waals surface area contributed by atoms with Crippen molar-refractivity contribution >= 4 is 11.7 Å². The van der Waals surface area contributed by atoms with Crippen molar-refractivity contribution in [2.45, 2.75) is 6.54 Å². The Kier molecular flexibility index (Phi) is 9.20. The number of carbonyl (C=O) groups excluding carboxylic acids is 1. The standard InChI is InChI=1S/C17H23N3O.C5H5N3O/c1-19(2)12-13-20(17-6-4-5-11-18-17)14-15-7-9-16(21-3)10-8-15;6-5(9)4-3-7-1-2-8-4/h4-11H,12-14H2,1-3H3;1-3H,(H2,6,9). The number of nitrogens with zero attached hydrogens (tertiary/aromatic N) is 5. The summed E-state index contributed by atoms with van der Waals surface area (Å²) in [4.78, 5) is 26.6. The third-order valence-corrected chi connectivity index (χ3v) is 4.14. The lowest BCUT2D eigenvalue weighted by molar-refractivity contribution is 0.0995. The van der Waals surface area contributed by atoms with Gasteiger partial charge in [0.15, 0.2) is 0 Å². The average Bonchev–Trinajstić information content (AvgIpc) is 2.78. The first-order chi connectivity index (χ1) is 14.5. The van der Waals surface area contributed by atoms with Gasteiger partial charge in [-0.3, -0.25) is 9.78 Å². The van der Waals surface area contributed by atoms with Gasteiger partial charge in [-0.25, -0.2) is 9.97 Å². The zero-order chi connectivity index (χ0) is 21.8. The van der Waals surface area contributed by atoms with Gasteiger partial charge in [0.25, 0.3) is 5.91 Å². The van der Waals surface area contributed by atoms with Gasteiger partial charge in [-0.1, -0.05) is 18.2 Å². The molecule has 0 aliphatic carbocycles. The molecule has 8 heteroatoms. The SMILES string of the molecule is COc1ccc(CN(CCN(C)C)c2ccccn2)cc1.NC(=O)c1cnccn1. The van der Waals surface area contributed by atoms with Crippen LogP contribution in [0.5, 0.6) is 5.75 Å². The molecule has 158 valence electrons. The number of ether oxygens (including phenoxy) is 1. The molecule has 1 amide bonds. The number of methoxy groups -OCH3 is 1. The van der Waals surface area contributed by atoms with Gasteiger partial charge in [-0.2, -0.15) is 0 Å². The molecule has 8 nitrogen and oxygen atoms in total. The topological polar surface area (TPSA) is 97.5 Å². The number of anilines is 1. The summed E-state index contributed by atoms with van der Waals surface area (Å²) in [5.74, 6) is 1.34. The van der Waals surface area contributed by atoms with Crippen LogP contribution < -0.4 is 15.4 Å². The van der Waals surface area contributed by atoms with Crippen LogP contribution in [0.3, 0.4) is 0 Å². The molecule has 2 heterocycles. The van der Waals surface area contributed by atoms with E-state index in [4.69, 9.17) is 10.5 Å². The predicted molar refractivity (Wildman–Crippen MR) is 117 cm³/mol. The smallest absolute Gasteiger partial charge is 0.268 e. The molecule has 2 N–H and O–H groups in total. The molecule has 0 saturated carbocycles. The number of benzene rings is 1. The summed E-state index contributed by atoms with van der Waals surface area (Å²) in [6.07, 6.45) is 6.06. The van der Waals surface area contributed by atoms with Crippen molar-refractivity contribution in [2.75, 3.05) is 39.2 Å². The minimum Gasteiger partial charge on any atom is -0.497 e. The van der Waals surface area contributed by atoms with Crippen LogP contribution in [0.1, 0.15) is 16.1 Å². The molecule has 3 rings (SSSR count). The Bertz CT molecular complexity index is 873. The molecular weight excluding hydrogens is 380 g/mol. The molecule has 0 aliphatic heterocycles. The number of likely N-dealkylation sites (N-methyl/N-ethyl adjacent to an activating group) is 1. The Morgan fingerprint density at radius 2 is 1.77 bits per heavy atom. The van der Waals surface area contributed by atoms with Crippen molar-refractivity contribution in [1.82, 2.24) is 19.9 Å². The van der Waals surface area contributed by atoms with Crippen molar-refractivity contribution in [3.05, 3.63) is 78.5 Å². The van der Waals surface area contributed by atoms with E-state index in [1.165, 1.54) is 24.2 Å². The van der Waals surface area contributed by atoms with E-state index in [1.807, 2.05) is 30.5 Å². The number of hydrogen-bond donors (Lipinski definition) is 1. The quantitative estimate of drug-likeness (QED) is 0.610. The zero-order valence-electron chi connectivity index (χ0n) is 17.6. The van der Waals surface area contributed by atoms with Gasteiger partial charge in [0, 0.05) is 38.2 Å². The normalized spacial score (nSPS) is 10.1. The fraction of sp³-hybridized carbons (Fsp3) is 0.273. The van der Waals surface area contributed by atoms with Gasteiger partial charge < -0.3 is 20.3 Å². The third kappa shape index (κ3) is 7.84. The van der Waals surface area contributed by atoms with Crippen LogP contribution in [0.25, 0.3) is 0 Å². The summed E-state index contributed by atoms with van der Waals surface area (Å²) in [5.41, 5.74) is 6.31. The van der Waals surface area contributed by atoms with Gasteiger partial charge in [-0.15, -0.1) is 0 Å². The van der Waals surface area contributed by atoms with Crippen LogP contribution in [0.15, 0.2) is 67.3 Å². The van der Waals surface area contributed by atoms with Crippen LogP contribution in [-0.4, -0.2) is 60.1 Å². The van der Waals surface area contributed by atoms with Gasteiger partial charge in [-0.05, 0) is 43.9 Å². The first kappa shape index (κ1) is 22.8.